The van der Waals surface area contributed by atoms with Crippen molar-refractivity contribution in [3.63, 3.8) is 0 Å². The SMILES string of the molecule is Cc1cccc(N(C)S(=O)(=O)c2cc(Cl)ccc2Cl)c1C. The Kier molecular flexibility index (Phi) is 4.51. The van der Waals surface area contributed by atoms with Crippen molar-refractivity contribution >= 4 is 38.9 Å². The first-order chi connectivity index (χ1) is 9.75. The number of halogens is 2. The third-order valence-corrected chi connectivity index (χ3v) is 5.94. The summed E-state index contributed by atoms with van der Waals surface area (Å²) >= 11 is 11.9. The van der Waals surface area contributed by atoms with E-state index < -0.39 is 10.0 Å². The molecule has 0 unspecified atom stereocenters. The van der Waals surface area contributed by atoms with Gasteiger partial charge in [-0.3, -0.25) is 4.31 Å². The van der Waals surface area contributed by atoms with Crippen LogP contribution in [0, 0.1) is 13.8 Å². The minimum atomic E-state index is -3.77. The molecule has 3 nitrogen and oxygen atoms in total. The van der Waals surface area contributed by atoms with Gasteiger partial charge in [-0.05, 0) is 49.2 Å². The highest BCUT2D eigenvalue weighted by atomic mass is 35.5. The molecule has 2 aromatic carbocycles. The average molecular weight is 344 g/mol. The Balaban J connectivity index is 2.58. The maximum atomic E-state index is 12.8. The molecule has 0 saturated heterocycles. The molecule has 0 aliphatic carbocycles. The molecule has 0 radical (unpaired) electrons. The van der Waals surface area contributed by atoms with Gasteiger partial charge in [-0.2, -0.15) is 0 Å². The molecule has 0 N–H and O–H groups in total. The summed E-state index contributed by atoms with van der Waals surface area (Å²) in [7, 11) is -2.26. The molecule has 6 heteroatoms. The molecule has 21 heavy (non-hydrogen) atoms. The Morgan fingerprint density at radius 1 is 1.05 bits per heavy atom. The van der Waals surface area contributed by atoms with E-state index in [1.54, 1.807) is 12.1 Å². The van der Waals surface area contributed by atoms with Crippen molar-refractivity contribution in [1.29, 1.82) is 0 Å². The number of anilines is 1. The van der Waals surface area contributed by atoms with Crippen LogP contribution in [-0.2, 0) is 10.0 Å². The third kappa shape index (κ3) is 3.03. The lowest BCUT2D eigenvalue weighted by Crippen LogP contribution is -2.27. The van der Waals surface area contributed by atoms with Crippen molar-refractivity contribution in [2.24, 2.45) is 0 Å². The number of hydrogen-bond donors (Lipinski definition) is 0. The van der Waals surface area contributed by atoms with Crippen LogP contribution in [0.5, 0.6) is 0 Å². The standard InChI is InChI=1S/C15H15Cl2NO2S/c1-10-5-4-6-14(11(10)2)18(3)21(19,20)15-9-12(16)7-8-13(15)17/h4-9H,1-3H3. The van der Waals surface area contributed by atoms with Gasteiger partial charge in [-0.25, -0.2) is 8.42 Å². The van der Waals surface area contributed by atoms with E-state index >= 15 is 0 Å². The summed E-state index contributed by atoms with van der Waals surface area (Å²) < 4.78 is 26.7. The van der Waals surface area contributed by atoms with Crippen molar-refractivity contribution in [3.8, 4) is 0 Å². The molecule has 2 aromatic rings. The molecule has 2 rings (SSSR count). The fraction of sp³-hybridized carbons (Fsp3) is 0.200. The fourth-order valence-electron chi connectivity index (χ4n) is 2.03. The predicted octanol–water partition coefficient (Wildman–Crippen LogP) is 4.44. The van der Waals surface area contributed by atoms with Crippen LogP contribution >= 0.6 is 23.2 Å². The van der Waals surface area contributed by atoms with Crippen molar-refractivity contribution in [2.75, 3.05) is 11.4 Å². The van der Waals surface area contributed by atoms with Crippen LogP contribution in [0.1, 0.15) is 11.1 Å². The van der Waals surface area contributed by atoms with Gasteiger partial charge in [0.2, 0.25) is 0 Å². The molecular formula is C15H15Cl2NO2S. The lowest BCUT2D eigenvalue weighted by Gasteiger charge is -2.23. The molecule has 112 valence electrons. The monoisotopic (exact) mass is 343 g/mol. The molecule has 0 aliphatic heterocycles. The van der Waals surface area contributed by atoms with Crippen molar-refractivity contribution in [2.45, 2.75) is 18.7 Å². The Bertz CT molecular complexity index is 788. The van der Waals surface area contributed by atoms with Gasteiger partial charge in [-0.1, -0.05) is 35.3 Å². The molecule has 0 spiro atoms. The topological polar surface area (TPSA) is 37.4 Å². The fourth-order valence-corrected chi connectivity index (χ4v) is 4.02. The van der Waals surface area contributed by atoms with Gasteiger partial charge in [0.1, 0.15) is 4.90 Å². The zero-order valence-corrected chi connectivity index (χ0v) is 14.2. The first kappa shape index (κ1) is 16.1. The highest BCUT2D eigenvalue weighted by Crippen LogP contribution is 2.31. The van der Waals surface area contributed by atoms with E-state index in [9.17, 15) is 8.42 Å². The van der Waals surface area contributed by atoms with E-state index in [-0.39, 0.29) is 9.92 Å². The Morgan fingerprint density at radius 2 is 1.71 bits per heavy atom. The number of rotatable bonds is 3. The normalized spacial score (nSPS) is 11.5. The maximum Gasteiger partial charge on any atom is 0.265 e. The lowest BCUT2D eigenvalue weighted by molar-refractivity contribution is 0.594. The van der Waals surface area contributed by atoms with Gasteiger partial charge in [0.05, 0.1) is 10.7 Å². The quantitative estimate of drug-likeness (QED) is 0.826. The summed E-state index contributed by atoms with van der Waals surface area (Å²) in [5, 5.41) is 0.476. The van der Waals surface area contributed by atoms with E-state index in [2.05, 4.69) is 0 Å². The molecule has 0 saturated carbocycles. The van der Waals surface area contributed by atoms with E-state index in [1.165, 1.54) is 23.5 Å². The average Bonchev–Trinajstić information content (AvgIpc) is 2.43. The van der Waals surface area contributed by atoms with Crippen LogP contribution in [0.25, 0.3) is 0 Å². The molecular weight excluding hydrogens is 329 g/mol. The summed E-state index contributed by atoms with van der Waals surface area (Å²) in [5.74, 6) is 0. The van der Waals surface area contributed by atoms with Gasteiger partial charge < -0.3 is 0 Å². The smallest absolute Gasteiger partial charge is 0.265 e. The van der Waals surface area contributed by atoms with Crippen molar-refractivity contribution in [3.05, 3.63) is 57.6 Å². The van der Waals surface area contributed by atoms with Crippen LogP contribution in [-0.4, -0.2) is 15.5 Å². The van der Waals surface area contributed by atoms with Crippen LogP contribution in [0.2, 0.25) is 10.0 Å². The number of aryl methyl sites for hydroxylation is 1. The van der Waals surface area contributed by atoms with Crippen LogP contribution in [0.3, 0.4) is 0 Å². The number of benzene rings is 2. The minimum absolute atomic E-state index is 0.0000674. The van der Waals surface area contributed by atoms with Gasteiger partial charge >= 0.3 is 0 Å². The Labute approximate surface area is 135 Å². The second kappa shape index (κ2) is 5.87. The van der Waals surface area contributed by atoms with Crippen LogP contribution in [0.15, 0.2) is 41.3 Å². The highest BCUT2D eigenvalue weighted by molar-refractivity contribution is 7.93. The summed E-state index contributed by atoms with van der Waals surface area (Å²) in [5.41, 5.74) is 2.54. The minimum Gasteiger partial charge on any atom is -0.269 e. The number of hydrogen-bond acceptors (Lipinski definition) is 2. The zero-order valence-electron chi connectivity index (χ0n) is 11.9. The molecule has 0 fully saturated rings. The zero-order chi connectivity index (χ0) is 15.8. The Morgan fingerprint density at radius 3 is 2.38 bits per heavy atom. The summed E-state index contributed by atoms with van der Waals surface area (Å²) in [6.07, 6.45) is 0. The van der Waals surface area contributed by atoms with Gasteiger partial charge in [0, 0.05) is 12.1 Å². The summed E-state index contributed by atoms with van der Waals surface area (Å²) in [6.45, 7) is 3.82. The largest absolute Gasteiger partial charge is 0.269 e. The summed E-state index contributed by atoms with van der Waals surface area (Å²) in [4.78, 5) is 0.0000674. The molecule has 0 atom stereocenters. The maximum absolute atomic E-state index is 12.8. The lowest BCUT2D eigenvalue weighted by atomic mass is 10.1. The van der Waals surface area contributed by atoms with Gasteiger partial charge in [-0.15, -0.1) is 0 Å². The van der Waals surface area contributed by atoms with E-state index in [1.807, 2.05) is 26.0 Å². The first-order valence-electron chi connectivity index (χ1n) is 6.25. The van der Waals surface area contributed by atoms with Crippen LogP contribution < -0.4 is 4.31 Å². The first-order valence-corrected chi connectivity index (χ1v) is 8.45. The molecule has 0 aromatic heterocycles. The second-order valence-electron chi connectivity index (χ2n) is 4.77. The predicted molar refractivity (Wildman–Crippen MR) is 88.0 cm³/mol. The van der Waals surface area contributed by atoms with Crippen molar-refractivity contribution < 1.29 is 8.42 Å². The van der Waals surface area contributed by atoms with E-state index in [0.717, 1.165) is 11.1 Å². The molecule has 0 amide bonds. The molecule has 0 aliphatic rings. The van der Waals surface area contributed by atoms with Gasteiger partial charge in [0.15, 0.2) is 0 Å². The molecule has 0 heterocycles. The molecule has 0 bridgehead atoms. The summed E-state index contributed by atoms with van der Waals surface area (Å²) in [6, 6.07) is 9.92. The van der Waals surface area contributed by atoms with Crippen LogP contribution in [0.4, 0.5) is 5.69 Å². The Hall–Kier alpha value is -1.23. The number of nitrogens with zero attached hydrogens (tertiary/aromatic N) is 1. The van der Waals surface area contributed by atoms with Crippen molar-refractivity contribution in [1.82, 2.24) is 0 Å². The highest BCUT2D eigenvalue weighted by Gasteiger charge is 2.25. The van der Waals surface area contributed by atoms with E-state index in [0.29, 0.717) is 10.7 Å². The van der Waals surface area contributed by atoms with Gasteiger partial charge in [0.25, 0.3) is 10.0 Å². The second-order valence-corrected chi connectivity index (χ2v) is 7.55. The number of sulfonamides is 1. The third-order valence-electron chi connectivity index (χ3n) is 3.45. The van der Waals surface area contributed by atoms with E-state index in [4.69, 9.17) is 23.2 Å².